The van der Waals surface area contributed by atoms with Crippen molar-refractivity contribution in [2.45, 2.75) is 381 Å². The van der Waals surface area contributed by atoms with Gasteiger partial charge in [-0.15, -0.1) is 0 Å². The Morgan fingerprint density at radius 2 is 0.579 bits per heavy atom. The molecule has 652 valence electrons. The van der Waals surface area contributed by atoms with E-state index in [2.05, 4.69) is 6.92 Å². The van der Waals surface area contributed by atoms with Crippen LogP contribution >= 0.6 is 0 Å². The summed E-state index contributed by atoms with van der Waals surface area (Å²) in [6, 6.07) is 0. The van der Waals surface area contributed by atoms with Crippen molar-refractivity contribution in [3.05, 3.63) is 0 Å². The van der Waals surface area contributed by atoms with E-state index >= 15 is 0 Å². The van der Waals surface area contributed by atoms with Crippen LogP contribution in [0.15, 0.2) is 0 Å². The summed E-state index contributed by atoms with van der Waals surface area (Å²) >= 11 is 0. The van der Waals surface area contributed by atoms with Crippen molar-refractivity contribution >= 4 is 71.6 Å². The zero-order valence-corrected chi connectivity index (χ0v) is 64.1. The molecule has 28 unspecified atom stereocenters. The predicted octanol–water partition coefficient (Wildman–Crippen LogP) is 16.4. The van der Waals surface area contributed by atoms with E-state index in [1.807, 2.05) is 69.2 Å². The van der Waals surface area contributed by atoms with Crippen LogP contribution in [-0.2, 0) is 114 Å². The second-order valence-electron chi connectivity index (χ2n) is 35.3. The van der Waals surface area contributed by atoms with Crippen molar-refractivity contribution in [1.29, 1.82) is 0 Å². The standard InChI is InChI=1S/2C21H30O6.2C20H28O6.8CH4/c1-4-11(2)18(22)25-16-13-10-12-14(19(23)26-17(12)16)15(13)20(24)27-21(3)8-6-5-7-9-21;1-4-11(3)18(22)25-16-13-10-12-14(19(23)26-17(12)16)15(13)20(24)27-21(5-2)8-6-7-9-21;1-4-10(2)17(21)24-15-12-9-11-13(18(22)25-16(11)15)14(12)19(23)26-20(3)7-5-6-8-20;1-3-10(2)18(21)25-16-12-9-13-15(20(23)26-17(13)16)14(12)19(22)24-11-7-5-4-6-8-11;;;;;;;;/h2*11-17H,4-10H2,1-3H3;10-16H,4-9H2,1-3H3;10-17H,3-9H2,1-2H3;8*1H4. The maximum absolute atomic E-state index is 13.1. The summed E-state index contributed by atoms with van der Waals surface area (Å²) < 4.78 is 68.7. The monoisotopic (exact) mass is 1610 g/mol. The minimum Gasteiger partial charge on any atom is -0.462 e. The third-order valence-electron chi connectivity index (χ3n) is 28.9. The molecule has 16 aliphatic rings. The summed E-state index contributed by atoms with van der Waals surface area (Å²) in [4.78, 5) is 151. The minimum absolute atomic E-state index is 0. The molecule has 0 aromatic rings. The van der Waals surface area contributed by atoms with Crippen LogP contribution in [0.5, 0.6) is 0 Å². The highest BCUT2D eigenvalue weighted by Crippen LogP contribution is 2.64. The SMILES string of the molecule is C.C.C.C.C.C.C.C.CCC(C)C(=O)OC1C2CC3C1OC(=O)C3C2C(=O)OC1(C)CCCC1.CCC(C)C(=O)OC1C2CC3C1OC(=O)C3C2C(=O)OC1(C)CCCCC1.CCC(C)C(=O)OC1C2CC3C1OC(=O)C3C2C(=O)OC1(CC)CCCC1.CCC(C)C(=O)OC1C2CC3C1OC(=O)C3C2C(=O)OC1CCCCC1. The Bertz CT molecular complexity index is 3360. The Balaban J connectivity index is 0.000000265. The molecule has 0 aromatic carbocycles. The van der Waals surface area contributed by atoms with E-state index in [-0.39, 0.29) is 220 Å². The normalized spacial score (nSPS) is 36.9. The lowest BCUT2D eigenvalue weighted by Crippen LogP contribution is -2.46. The third-order valence-corrected chi connectivity index (χ3v) is 28.9. The molecule has 4 aliphatic heterocycles. The van der Waals surface area contributed by atoms with Crippen molar-refractivity contribution in [3.63, 3.8) is 0 Å². The van der Waals surface area contributed by atoms with Crippen LogP contribution < -0.4 is 0 Å². The predicted molar refractivity (Wildman–Crippen MR) is 426 cm³/mol. The average molecular weight is 1610 g/mol. The van der Waals surface area contributed by atoms with E-state index in [1.54, 1.807) is 0 Å². The number of fused-ring (bicyclic) bond motifs is 4. The molecular formula is C90H148O24. The Labute approximate surface area is 681 Å². The Morgan fingerprint density at radius 1 is 0.333 bits per heavy atom. The molecule has 0 amide bonds. The van der Waals surface area contributed by atoms with Crippen LogP contribution in [0.4, 0.5) is 0 Å². The molecule has 24 heteroatoms. The highest BCUT2D eigenvalue weighted by Gasteiger charge is 2.74. The van der Waals surface area contributed by atoms with E-state index < -0.39 is 101 Å². The highest BCUT2D eigenvalue weighted by molar-refractivity contribution is 5.90. The van der Waals surface area contributed by atoms with E-state index in [0.717, 1.165) is 109 Å². The number of carbonyl (C=O) groups is 12. The lowest BCUT2D eigenvalue weighted by atomic mass is 9.78. The molecule has 0 aromatic heterocycles. The van der Waals surface area contributed by atoms with Gasteiger partial charge in [0.25, 0.3) is 0 Å². The second-order valence-corrected chi connectivity index (χ2v) is 35.3. The number of rotatable bonds is 21. The van der Waals surface area contributed by atoms with Crippen LogP contribution in [0.25, 0.3) is 0 Å². The average Bonchev–Trinajstić information content (AvgIpc) is 1.57. The van der Waals surface area contributed by atoms with Crippen molar-refractivity contribution in [1.82, 2.24) is 0 Å². The Hall–Kier alpha value is -6.36. The molecular weight excluding hydrogens is 1460 g/mol. The number of carbonyl (C=O) groups excluding carboxylic acids is 12. The molecule has 4 heterocycles. The quantitative estimate of drug-likeness (QED) is 0.0761. The van der Waals surface area contributed by atoms with Gasteiger partial charge in [0, 0.05) is 47.3 Å². The summed E-state index contributed by atoms with van der Waals surface area (Å²) in [5.74, 6) is -9.10. The van der Waals surface area contributed by atoms with Crippen molar-refractivity contribution < 1.29 is 114 Å². The maximum Gasteiger partial charge on any atom is 0.310 e. The summed E-state index contributed by atoms with van der Waals surface area (Å²) in [6.45, 7) is 21.1. The summed E-state index contributed by atoms with van der Waals surface area (Å²) in [7, 11) is 0. The molecule has 16 rings (SSSR count). The van der Waals surface area contributed by atoms with Gasteiger partial charge in [-0.05, 0) is 174 Å². The van der Waals surface area contributed by atoms with Crippen LogP contribution in [0.2, 0.25) is 0 Å². The smallest absolute Gasteiger partial charge is 0.310 e. The van der Waals surface area contributed by atoms with E-state index in [0.29, 0.717) is 51.4 Å². The zero-order valence-electron chi connectivity index (χ0n) is 64.1. The molecule has 114 heavy (non-hydrogen) atoms. The third kappa shape index (κ3) is 18.3. The van der Waals surface area contributed by atoms with E-state index in [9.17, 15) is 57.5 Å². The van der Waals surface area contributed by atoms with E-state index in [4.69, 9.17) is 56.8 Å². The molecule has 0 spiro atoms. The Morgan fingerprint density at radius 3 is 0.851 bits per heavy atom. The van der Waals surface area contributed by atoms with Crippen LogP contribution in [0, 0.1) is 118 Å². The zero-order chi connectivity index (χ0) is 75.7. The van der Waals surface area contributed by atoms with Gasteiger partial charge in [0.2, 0.25) is 0 Å². The van der Waals surface area contributed by atoms with Gasteiger partial charge in [-0.3, -0.25) is 57.5 Å². The summed E-state index contributed by atoms with van der Waals surface area (Å²) in [6.07, 6.45) is 20.6. The highest BCUT2D eigenvalue weighted by atomic mass is 16.6. The van der Waals surface area contributed by atoms with Gasteiger partial charge in [0.05, 0.1) is 71.0 Å². The van der Waals surface area contributed by atoms with Crippen LogP contribution in [0.1, 0.15) is 309 Å². The van der Waals surface area contributed by atoms with Crippen molar-refractivity contribution in [2.24, 2.45) is 118 Å². The number of esters is 12. The van der Waals surface area contributed by atoms with Crippen LogP contribution in [0.3, 0.4) is 0 Å². The van der Waals surface area contributed by atoms with Gasteiger partial charge >= 0.3 is 71.6 Å². The fourth-order valence-electron chi connectivity index (χ4n) is 22.0. The number of ether oxygens (including phenoxy) is 12. The second kappa shape index (κ2) is 39.5. The Kier molecular flexibility index (Phi) is 34.0. The van der Waals surface area contributed by atoms with Crippen molar-refractivity contribution in [3.8, 4) is 0 Å². The van der Waals surface area contributed by atoms with Gasteiger partial charge in [-0.25, -0.2) is 0 Å². The molecule has 28 atom stereocenters. The van der Waals surface area contributed by atoms with Crippen molar-refractivity contribution in [2.75, 3.05) is 0 Å². The fourth-order valence-corrected chi connectivity index (χ4v) is 22.0. The first-order valence-electron chi connectivity index (χ1n) is 41.1. The fraction of sp³-hybridized carbons (Fsp3) is 0.867. The topological polar surface area (TPSA) is 316 Å². The summed E-state index contributed by atoms with van der Waals surface area (Å²) in [5, 5.41) is 0. The molecule has 0 radical (unpaired) electrons. The summed E-state index contributed by atoms with van der Waals surface area (Å²) in [5.41, 5.74) is -1.25. The first kappa shape index (κ1) is 98.2. The number of hydrogen-bond donors (Lipinski definition) is 0. The molecule has 24 nitrogen and oxygen atoms in total. The molecule has 12 saturated carbocycles. The van der Waals surface area contributed by atoms with Gasteiger partial charge < -0.3 is 56.8 Å². The lowest BCUT2D eigenvalue weighted by Gasteiger charge is -2.36. The van der Waals surface area contributed by atoms with Gasteiger partial charge in [0.15, 0.2) is 0 Å². The first-order chi connectivity index (χ1) is 50.6. The number of hydrogen-bond acceptors (Lipinski definition) is 24. The first-order valence-corrected chi connectivity index (χ1v) is 41.1. The largest absolute Gasteiger partial charge is 0.462 e. The maximum atomic E-state index is 13.1. The lowest BCUT2D eigenvalue weighted by molar-refractivity contribution is -0.177. The minimum atomic E-state index is -0.547. The molecule has 16 fully saturated rings. The van der Waals surface area contributed by atoms with Crippen LogP contribution in [-0.4, -0.2) is 143 Å². The molecule has 12 aliphatic carbocycles. The van der Waals surface area contributed by atoms with Gasteiger partial charge in [-0.1, -0.05) is 135 Å². The molecule has 0 N–H and O–H groups in total. The van der Waals surface area contributed by atoms with Gasteiger partial charge in [0.1, 0.15) is 71.7 Å². The van der Waals surface area contributed by atoms with Gasteiger partial charge in [-0.2, -0.15) is 0 Å². The molecule has 4 saturated heterocycles. The molecule has 8 bridgehead atoms. The van der Waals surface area contributed by atoms with E-state index in [1.165, 1.54) is 12.8 Å².